The number of oxazole rings is 1. The topological polar surface area (TPSA) is 26.0 Å². The molecule has 0 aliphatic rings. The van der Waals surface area contributed by atoms with Crippen LogP contribution in [0.3, 0.4) is 0 Å². The number of nitrogens with zero attached hydrogens (tertiary/aromatic N) is 1. The number of rotatable bonds is 4. The summed E-state index contributed by atoms with van der Waals surface area (Å²) >= 11 is 1.79. The Labute approximate surface area is 96.2 Å². The van der Waals surface area contributed by atoms with E-state index in [0.717, 1.165) is 17.9 Å². The lowest BCUT2D eigenvalue weighted by Crippen LogP contribution is -2.07. The van der Waals surface area contributed by atoms with Gasteiger partial charge in [-0.3, -0.25) is 0 Å². The first kappa shape index (κ1) is 12.4. The summed E-state index contributed by atoms with van der Waals surface area (Å²) in [5.41, 5.74) is 1.37. The standard InChI is InChI=1S/C12H19NOS/c1-5-10-8-14-11(13-10)6-7-15-9-12(2,3)4/h6-8H,5,9H2,1-4H3. The van der Waals surface area contributed by atoms with Crippen molar-refractivity contribution < 1.29 is 4.42 Å². The summed E-state index contributed by atoms with van der Waals surface area (Å²) in [6.07, 6.45) is 4.57. The third-order valence-corrected chi connectivity index (χ3v) is 3.12. The molecule has 0 amide bonds. The molecule has 0 spiro atoms. The molecule has 0 N–H and O–H groups in total. The van der Waals surface area contributed by atoms with E-state index in [1.165, 1.54) is 0 Å². The second-order valence-corrected chi connectivity index (χ2v) is 5.60. The minimum atomic E-state index is 0.361. The molecule has 2 nitrogen and oxygen atoms in total. The Morgan fingerprint density at radius 1 is 1.47 bits per heavy atom. The van der Waals surface area contributed by atoms with Gasteiger partial charge in [0.2, 0.25) is 5.89 Å². The molecule has 0 aliphatic carbocycles. The van der Waals surface area contributed by atoms with Gasteiger partial charge in [-0.25, -0.2) is 4.98 Å². The Bertz CT molecular complexity index is 323. The van der Waals surface area contributed by atoms with E-state index in [1.807, 2.05) is 6.08 Å². The Morgan fingerprint density at radius 3 is 2.73 bits per heavy atom. The molecule has 0 fully saturated rings. The fourth-order valence-electron chi connectivity index (χ4n) is 0.966. The van der Waals surface area contributed by atoms with E-state index in [2.05, 4.69) is 38.1 Å². The van der Waals surface area contributed by atoms with E-state index in [-0.39, 0.29) is 0 Å². The van der Waals surface area contributed by atoms with Crippen molar-refractivity contribution in [2.24, 2.45) is 5.41 Å². The Hall–Kier alpha value is -0.700. The molecular weight excluding hydrogens is 206 g/mol. The predicted molar refractivity (Wildman–Crippen MR) is 66.8 cm³/mol. The normalized spacial score (nSPS) is 12.5. The van der Waals surface area contributed by atoms with Crippen LogP contribution in [-0.2, 0) is 6.42 Å². The lowest BCUT2D eigenvalue weighted by Gasteiger charge is -2.15. The van der Waals surface area contributed by atoms with Gasteiger partial charge in [0.1, 0.15) is 6.26 Å². The van der Waals surface area contributed by atoms with E-state index in [1.54, 1.807) is 18.0 Å². The predicted octanol–water partition coefficient (Wildman–Crippen LogP) is 3.99. The molecule has 0 atom stereocenters. The average Bonchev–Trinajstić information content (AvgIpc) is 2.59. The van der Waals surface area contributed by atoms with Gasteiger partial charge < -0.3 is 4.42 Å². The molecule has 0 unspecified atom stereocenters. The van der Waals surface area contributed by atoms with E-state index < -0.39 is 0 Å². The van der Waals surface area contributed by atoms with Gasteiger partial charge in [-0.15, -0.1) is 11.8 Å². The fraction of sp³-hybridized carbons (Fsp3) is 0.583. The summed E-state index contributed by atoms with van der Waals surface area (Å²) in [7, 11) is 0. The van der Waals surface area contributed by atoms with Crippen LogP contribution in [0, 0.1) is 5.41 Å². The van der Waals surface area contributed by atoms with E-state index in [4.69, 9.17) is 4.42 Å². The zero-order valence-corrected chi connectivity index (χ0v) is 10.7. The summed E-state index contributed by atoms with van der Waals surface area (Å²) in [6.45, 7) is 8.76. The molecule has 0 radical (unpaired) electrons. The Balaban J connectivity index is 2.38. The van der Waals surface area contributed by atoms with Gasteiger partial charge in [0.05, 0.1) is 5.69 Å². The van der Waals surface area contributed by atoms with Gasteiger partial charge in [-0.05, 0) is 17.2 Å². The van der Waals surface area contributed by atoms with E-state index in [0.29, 0.717) is 11.3 Å². The molecule has 0 aromatic carbocycles. The lowest BCUT2D eigenvalue weighted by molar-refractivity contribution is 0.481. The maximum absolute atomic E-state index is 5.28. The number of hydrogen-bond donors (Lipinski definition) is 0. The average molecular weight is 225 g/mol. The quantitative estimate of drug-likeness (QED) is 0.775. The maximum atomic E-state index is 5.28. The number of thioether (sulfide) groups is 1. The molecule has 1 heterocycles. The van der Waals surface area contributed by atoms with Crippen LogP contribution in [0.1, 0.15) is 39.3 Å². The van der Waals surface area contributed by atoms with Gasteiger partial charge in [-0.1, -0.05) is 27.7 Å². The minimum absolute atomic E-state index is 0.361. The highest BCUT2D eigenvalue weighted by molar-refractivity contribution is 8.02. The van der Waals surface area contributed by atoms with Gasteiger partial charge in [0, 0.05) is 11.8 Å². The smallest absolute Gasteiger partial charge is 0.219 e. The summed E-state index contributed by atoms with van der Waals surface area (Å²) in [5.74, 6) is 1.80. The van der Waals surface area contributed by atoms with Crippen LogP contribution in [0.4, 0.5) is 0 Å². The zero-order chi connectivity index (χ0) is 11.3. The van der Waals surface area contributed by atoms with Crippen molar-refractivity contribution in [3.8, 4) is 0 Å². The molecule has 15 heavy (non-hydrogen) atoms. The largest absolute Gasteiger partial charge is 0.445 e. The molecular formula is C12H19NOS. The van der Waals surface area contributed by atoms with Crippen molar-refractivity contribution in [3.05, 3.63) is 23.3 Å². The molecule has 1 rings (SSSR count). The third kappa shape index (κ3) is 5.07. The van der Waals surface area contributed by atoms with Crippen LogP contribution in [0.25, 0.3) is 6.08 Å². The molecule has 0 bridgehead atoms. The summed E-state index contributed by atoms with van der Waals surface area (Å²) in [5, 5.41) is 2.05. The highest BCUT2D eigenvalue weighted by Crippen LogP contribution is 2.21. The lowest BCUT2D eigenvalue weighted by atomic mass is 10.0. The van der Waals surface area contributed by atoms with Crippen LogP contribution in [0.2, 0.25) is 0 Å². The van der Waals surface area contributed by atoms with Crippen LogP contribution >= 0.6 is 11.8 Å². The van der Waals surface area contributed by atoms with Crippen molar-refractivity contribution in [2.75, 3.05) is 5.75 Å². The van der Waals surface area contributed by atoms with Gasteiger partial charge in [-0.2, -0.15) is 0 Å². The van der Waals surface area contributed by atoms with Crippen molar-refractivity contribution >= 4 is 17.8 Å². The maximum Gasteiger partial charge on any atom is 0.219 e. The third-order valence-electron chi connectivity index (χ3n) is 1.75. The Morgan fingerprint density at radius 2 is 2.20 bits per heavy atom. The number of hydrogen-bond acceptors (Lipinski definition) is 3. The molecule has 0 saturated carbocycles. The Kier molecular flexibility index (Phi) is 4.45. The zero-order valence-electron chi connectivity index (χ0n) is 9.91. The molecule has 0 aliphatic heterocycles. The highest BCUT2D eigenvalue weighted by atomic mass is 32.2. The molecule has 1 aromatic rings. The van der Waals surface area contributed by atoms with E-state index >= 15 is 0 Å². The van der Waals surface area contributed by atoms with Crippen LogP contribution < -0.4 is 0 Å². The van der Waals surface area contributed by atoms with Crippen LogP contribution in [0.5, 0.6) is 0 Å². The summed E-state index contributed by atoms with van der Waals surface area (Å²) in [6, 6.07) is 0. The van der Waals surface area contributed by atoms with Gasteiger partial charge in [0.15, 0.2) is 0 Å². The number of aromatic nitrogens is 1. The van der Waals surface area contributed by atoms with Crippen molar-refractivity contribution in [2.45, 2.75) is 34.1 Å². The van der Waals surface area contributed by atoms with Crippen molar-refractivity contribution in [1.82, 2.24) is 4.98 Å². The second kappa shape index (κ2) is 5.40. The molecule has 84 valence electrons. The van der Waals surface area contributed by atoms with Crippen LogP contribution in [0.15, 0.2) is 16.1 Å². The second-order valence-electron chi connectivity index (χ2n) is 4.71. The highest BCUT2D eigenvalue weighted by Gasteiger charge is 2.08. The first-order valence-corrected chi connectivity index (χ1v) is 6.29. The first-order chi connectivity index (χ1) is 7.01. The SMILES string of the molecule is CCc1coc(C=CSCC(C)(C)C)n1. The first-order valence-electron chi connectivity index (χ1n) is 5.24. The van der Waals surface area contributed by atoms with Gasteiger partial charge >= 0.3 is 0 Å². The van der Waals surface area contributed by atoms with Crippen molar-refractivity contribution in [1.29, 1.82) is 0 Å². The monoisotopic (exact) mass is 225 g/mol. The molecule has 0 saturated heterocycles. The number of aryl methyl sites for hydroxylation is 1. The van der Waals surface area contributed by atoms with Gasteiger partial charge in [0.25, 0.3) is 0 Å². The minimum Gasteiger partial charge on any atom is -0.445 e. The summed E-state index contributed by atoms with van der Waals surface area (Å²) < 4.78 is 5.28. The fourth-order valence-corrected chi connectivity index (χ4v) is 1.77. The summed E-state index contributed by atoms with van der Waals surface area (Å²) in [4.78, 5) is 4.30. The van der Waals surface area contributed by atoms with Crippen LogP contribution in [-0.4, -0.2) is 10.7 Å². The van der Waals surface area contributed by atoms with Crippen molar-refractivity contribution in [3.63, 3.8) is 0 Å². The van der Waals surface area contributed by atoms with E-state index in [9.17, 15) is 0 Å². The molecule has 1 aromatic heterocycles. The molecule has 3 heteroatoms.